The smallest absolute Gasteiger partial charge is 0.409 e. The van der Waals surface area contributed by atoms with Crippen LogP contribution in [0.3, 0.4) is 0 Å². The van der Waals surface area contributed by atoms with E-state index in [2.05, 4.69) is 11.7 Å². The van der Waals surface area contributed by atoms with Crippen molar-refractivity contribution in [3.8, 4) is 0 Å². The highest BCUT2D eigenvalue weighted by Gasteiger charge is 2.31. The molecule has 4 heteroatoms. The zero-order valence-electron chi connectivity index (χ0n) is 7.62. The molecule has 2 N–H and O–H groups in total. The normalized spacial score (nSPS) is 29.1. The Morgan fingerprint density at radius 3 is 2.75 bits per heavy atom. The molecule has 0 radical (unpaired) electrons. The Balaban J connectivity index is 2.48. The lowest BCUT2D eigenvalue weighted by Crippen LogP contribution is -2.32. The number of methoxy groups -OCH3 is 1. The molecule has 0 spiro atoms. The third kappa shape index (κ3) is 1.69. The summed E-state index contributed by atoms with van der Waals surface area (Å²) in [6, 6.07) is 0.120. The highest BCUT2D eigenvalue weighted by molar-refractivity contribution is 5.67. The Bertz CT molecular complexity index is 172. The Morgan fingerprint density at radius 2 is 2.33 bits per heavy atom. The summed E-state index contributed by atoms with van der Waals surface area (Å²) in [7, 11) is 1.40. The van der Waals surface area contributed by atoms with E-state index in [1.165, 1.54) is 7.11 Å². The molecule has 1 aliphatic rings. The van der Waals surface area contributed by atoms with E-state index in [4.69, 9.17) is 5.73 Å². The fourth-order valence-electron chi connectivity index (χ4n) is 1.61. The molecule has 1 heterocycles. The van der Waals surface area contributed by atoms with Gasteiger partial charge in [-0.25, -0.2) is 4.79 Å². The van der Waals surface area contributed by atoms with Gasteiger partial charge in [0.15, 0.2) is 0 Å². The summed E-state index contributed by atoms with van der Waals surface area (Å²) >= 11 is 0. The van der Waals surface area contributed by atoms with Crippen molar-refractivity contribution in [2.75, 3.05) is 20.2 Å². The van der Waals surface area contributed by atoms with Crippen LogP contribution in [0.4, 0.5) is 4.79 Å². The fourth-order valence-corrected chi connectivity index (χ4v) is 1.61. The molecule has 2 unspecified atom stereocenters. The number of rotatable bonds is 1. The van der Waals surface area contributed by atoms with Crippen LogP contribution in [0.5, 0.6) is 0 Å². The van der Waals surface area contributed by atoms with Crippen LogP contribution in [-0.2, 0) is 4.74 Å². The summed E-state index contributed by atoms with van der Waals surface area (Å²) in [5, 5.41) is 0. The maximum atomic E-state index is 11.1. The van der Waals surface area contributed by atoms with Crippen molar-refractivity contribution in [3.05, 3.63) is 0 Å². The van der Waals surface area contributed by atoms with Gasteiger partial charge in [-0.2, -0.15) is 0 Å². The molecule has 1 rings (SSSR count). The Hall–Kier alpha value is -0.770. The lowest BCUT2D eigenvalue weighted by atomic mass is 10.0. The monoisotopic (exact) mass is 172 g/mol. The number of likely N-dealkylation sites (tertiary alicyclic amines) is 1. The van der Waals surface area contributed by atoms with Crippen LogP contribution in [0.1, 0.15) is 13.3 Å². The molecule has 70 valence electrons. The number of hydrogen-bond acceptors (Lipinski definition) is 3. The minimum atomic E-state index is -0.263. The van der Waals surface area contributed by atoms with Crippen molar-refractivity contribution < 1.29 is 9.53 Å². The van der Waals surface area contributed by atoms with Gasteiger partial charge in [0.2, 0.25) is 0 Å². The molecule has 0 aromatic carbocycles. The third-order valence-corrected chi connectivity index (χ3v) is 2.45. The van der Waals surface area contributed by atoms with Gasteiger partial charge in [0.05, 0.1) is 7.11 Å². The fraction of sp³-hybridized carbons (Fsp3) is 0.875. The van der Waals surface area contributed by atoms with Gasteiger partial charge in [-0.3, -0.25) is 0 Å². The van der Waals surface area contributed by atoms with Crippen molar-refractivity contribution >= 4 is 6.09 Å². The van der Waals surface area contributed by atoms with Crippen molar-refractivity contribution in [2.24, 2.45) is 11.7 Å². The maximum absolute atomic E-state index is 11.1. The molecule has 1 fully saturated rings. The van der Waals surface area contributed by atoms with Crippen LogP contribution in [0, 0.1) is 5.92 Å². The lowest BCUT2D eigenvalue weighted by Gasteiger charge is -2.13. The molecule has 0 aromatic rings. The summed E-state index contributed by atoms with van der Waals surface area (Å²) in [4.78, 5) is 12.7. The summed E-state index contributed by atoms with van der Waals surface area (Å²) in [6.45, 7) is 3.46. The number of carbonyl (C=O) groups is 1. The predicted molar refractivity (Wildman–Crippen MR) is 45.7 cm³/mol. The summed E-state index contributed by atoms with van der Waals surface area (Å²) < 4.78 is 4.61. The predicted octanol–water partition coefficient (Wildman–Crippen LogP) is 0.422. The standard InChI is InChI=1S/C8H16N2O2/c1-3-6-4-10(5-7(6)9)8(11)12-2/h6-7H,3-5,9H2,1-2H3. The number of nitrogens with zero attached hydrogens (tertiary/aromatic N) is 1. The molecular weight excluding hydrogens is 156 g/mol. The molecule has 0 saturated carbocycles. The van der Waals surface area contributed by atoms with Crippen LogP contribution < -0.4 is 5.73 Å². The van der Waals surface area contributed by atoms with Crippen LogP contribution in [-0.4, -0.2) is 37.2 Å². The van der Waals surface area contributed by atoms with Gasteiger partial charge < -0.3 is 15.4 Å². The van der Waals surface area contributed by atoms with Gasteiger partial charge in [-0.15, -0.1) is 0 Å². The molecule has 12 heavy (non-hydrogen) atoms. The molecule has 1 amide bonds. The van der Waals surface area contributed by atoms with E-state index in [1.54, 1.807) is 4.90 Å². The van der Waals surface area contributed by atoms with E-state index >= 15 is 0 Å². The molecule has 2 atom stereocenters. The minimum absolute atomic E-state index is 0.120. The summed E-state index contributed by atoms with van der Waals surface area (Å²) in [5.41, 5.74) is 5.82. The topological polar surface area (TPSA) is 55.6 Å². The SMILES string of the molecule is CCC1CN(C(=O)OC)CC1N. The zero-order valence-corrected chi connectivity index (χ0v) is 7.62. The van der Waals surface area contributed by atoms with Crippen LogP contribution in [0.25, 0.3) is 0 Å². The molecule has 0 bridgehead atoms. The van der Waals surface area contributed by atoms with Crippen molar-refractivity contribution in [1.82, 2.24) is 4.90 Å². The quantitative estimate of drug-likeness (QED) is 0.623. The third-order valence-electron chi connectivity index (χ3n) is 2.45. The van der Waals surface area contributed by atoms with Crippen LogP contribution >= 0.6 is 0 Å². The summed E-state index contributed by atoms with van der Waals surface area (Å²) in [5.74, 6) is 0.434. The second kappa shape index (κ2) is 3.76. The maximum Gasteiger partial charge on any atom is 0.409 e. The van der Waals surface area contributed by atoms with Crippen molar-refractivity contribution in [3.63, 3.8) is 0 Å². The number of nitrogens with two attached hydrogens (primary N) is 1. The minimum Gasteiger partial charge on any atom is -0.453 e. The highest BCUT2D eigenvalue weighted by atomic mass is 16.5. The second-order valence-electron chi connectivity index (χ2n) is 3.21. The average molecular weight is 172 g/mol. The largest absolute Gasteiger partial charge is 0.453 e. The first kappa shape index (κ1) is 9.32. The van der Waals surface area contributed by atoms with E-state index in [9.17, 15) is 4.79 Å². The second-order valence-corrected chi connectivity index (χ2v) is 3.21. The van der Waals surface area contributed by atoms with Crippen LogP contribution in [0.15, 0.2) is 0 Å². The first-order valence-electron chi connectivity index (χ1n) is 4.27. The number of hydrogen-bond donors (Lipinski definition) is 1. The van der Waals surface area contributed by atoms with Gasteiger partial charge in [0, 0.05) is 19.1 Å². The molecule has 1 aliphatic heterocycles. The van der Waals surface area contributed by atoms with Gasteiger partial charge in [-0.05, 0) is 5.92 Å². The average Bonchev–Trinajstić information content (AvgIpc) is 2.45. The zero-order chi connectivity index (χ0) is 9.14. The Labute approximate surface area is 72.7 Å². The number of ether oxygens (including phenoxy) is 1. The van der Waals surface area contributed by atoms with E-state index in [1.807, 2.05) is 0 Å². The highest BCUT2D eigenvalue weighted by Crippen LogP contribution is 2.18. The Kier molecular flexibility index (Phi) is 2.92. The number of amides is 1. The first-order chi connectivity index (χ1) is 5.69. The van der Waals surface area contributed by atoms with Gasteiger partial charge in [0.1, 0.15) is 0 Å². The van der Waals surface area contributed by atoms with Crippen LogP contribution in [0.2, 0.25) is 0 Å². The van der Waals surface area contributed by atoms with Gasteiger partial charge in [-0.1, -0.05) is 13.3 Å². The van der Waals surface area contributed by atoms with Crippen molar-refractivity contribution in [2.45, 2.75) is 19.4 Å². The van der Waals surface area contributed by atoms with Gasteiger partial charge >= 0.3 is 6.09 Å². The molecule has 0 aliphatic carbocycles. The van der Waals surface area contributed by atoms with E-state index in [-0.39, 0.29) is 12.1 Å². The number of carbonyl (C=O) groups excluding carboxylic acids is 1. The summed E-state index contributed by atoms with van der Waals surface area (Å²) in [6.07, 6.45) is 0.760. The lowest BCUT2D eigenvalue weighted by molar-refractivity contribution is 0.131. The first-order valence-corrected chi connectivity index (χ1v) is 4.27. The molecule has 1 saturated heterocycles. The van der Waals surface area contributed by atoms with E-state index in [0.29, 0.717) is 12.5 Å². The molecule has 0 aromatic heterocycles. The van der Waals surface area contributed by atoms with E-state index < -0.39 is 0 Å². The van der Waals surface area contributed by atoms with Crippen molar-refractivity contribution in [1.29, 1.82) is 0 Å². The molecular formula is C8H16N2O2. The van der Waals surface area contributed by atoms with E-state index in [0.717, 1.165) is 13.0 Å². The Morgan fingerprint density at radius 1 is 1.67 bits per heavy atom. The van der Waals surface area contributed by atoms with Gasteiger partial charge in [0.25, 0.3) is 0 Å². The molecule has 4 nitrogen and oxygen atoms in total.